The van der Waals surface area contributed by atoms with Gasteiger partial charge in [0.1, 0.15) is 5.76 Å². The standard InChI is InChI=1S/C17H14ClN3OS2/c18-14-7-6-13(24-14)16-15(12-5-1-2-8-19-12)20-17(23)21(16)10-11-4-3-9-22-11/h1-9,15-16H,10H2,(H,20,23)/t15-,16-/m0/s1. The van der Waals surface area contributed by atoms with Crippen molar-refractivity contribution in [2.75, 3.05) is 0 Å². The van der Waals surface area contributed by atoms with Gasteiger partial charge in [0, 0.05) is 11.1 Å². The molecule has 4 rings (SSSR count). The van der Waals surface area contributed by atoms with Crippen molar-refractivity contribution in [1.82, 2.24) is 15.2 Å². The van der Waals surface area contributed by atoms with Crippen LogP contribution in [0, 0.1) is 0 Å². The van der Waals surface area contributed by atoms with E-state index in [1.807, 2.05) is 36.4 Å². The van der Waals surface area contributed by atoms with Crippen LogP contribution in [0.3, 0.4) is 0 Å². The van der Waals surface area contributed by atoms with Crippen LogP contribution in [0.25, 0.3) is 0 Å². The molecule has 0 bridgehead atoms. The molecular formula is C17H14ClN3OS2. The first kappa shape index (κ1) is 15.6. The molecule has 4 heterocycles. The Morgan fingerprint density at radius 2 is 2.17 bits per heavy atom. The van der Waals surface area contributed by atoms with Crippen LogP contribution in [-0.4, -0.2) is 15.0 Å². The van der Waals surface area contributed by atoms with E-state index in [1.54, 1.807) is 23.8 Å². The monoisotopic (exact) mass is 375 g/mol. The zero-order chi connectivity index (χ0) is 16.5. The molecule has 0 aromatic carbocycles. The molecule has 3 aromatic rings. The number of pyridine rings is 1. The van der Waals surface area contributed by atoms with Gasteiger partial charge in [-0.05, 0) is 48.6 Å². The van der Waals surface area contributed by atoms with Gasteiger partial charge in [0.15, 0.2) is 5.11 Å². The lowest BCUT2D eigenvalue weighted by molar-refractivity contribution is 0.291. The maximum absolute atomic E-state index is 6.17. The van der Waals surface area contributed by atoms with Crippen LogP contribution >= 0.6 is 35.2 Å². The van der Waals surface area contributed by atoms with Gasteiger partial charge >= 0.3 is 0 Å². The van der Waals surface area contributed by atoms with Crippen molar-refractivity contribution in [3.8, 4) is 0 Å². The molecule has 0 saturated carbocycles. The Labute approximate surface area is 154 Å². The summed E-state index contributed by atoms with van der Waals surface area (Å²) in [5.74, 6) is 0.869. The van der Waals surface area contributed by atoms with Crippen molar-refractivity contribution in [3.63, 3.8) is 0 Å². The summed E-state index contributed by atoms with van der Waals surface area (Å²) in [7, 11) is 0. The molecule has 122 valence electrons. The molecule has 7 heteroatoms. The van der Waals surface area contributed by atoms with Gasteiger partial charge in [-0.25, -0.2) is 0 Å². The fraction of sp³-hybridized carbons (Fsp3) is 0.176. The highest BCUT2D eigenvalue weighted by Gasteiger charge is 2.40. The quantitative estimate of drug-likeness (QED) is 0.677. The fourth-order valence-electron chi connectivity index (χ4n) is 2.94. The smallest absolute Gasteiger partial charge is 0.170 e. The molecule has 0 radical (unpaired) electrons. The topological polar surface area (TPSA) is 41.3 Å². The van der Waals surface area contributed by atoms with Crippen LogP contribution < -0.4 is 5.32 Å². The van der Waals surface area contributed by atoms with Gasteiger partial charge in [-0.1, -0.05) is 17.7 Å². The molecule has 1 aliphatic rings. The second-order valence-electron chi connectivity index (χ2n) is 5.48. The lowest BCUT2D eigenvalue weighted by atomic mass is 10.0. The number of halogens is 1. The van der Waals surface area contributed by atoms with Crippen molar-refractivity contribution in [1.29, 1.82) is 0 Å². The molecule has 1 saturated heterocycles. The molecule has 0 spiro atoms. The molecule has 1 fully saturated rings. The van der Waals surface area contributed by atoms with Crippen LogP contribution in [0.15, 0.2) is 59.3 Å². The predicted octanol–water partition coefficient (Wildman–Crippen LogP) is 4.56. The summed E-state index contributed by atoms with van der Waals surface area (Å²) in [4.78, 5) is 7.79. The zero-order valence-electron chi connectivity index (χ0n) is 12.6. The molecular weight excluding hydrogens is 362 g/mol. The molecule has 1 aliphatic heterocycles. The SMILES string of the molecule is S=C1N[C@@H](c2ccccn2)[C@H](c2ccc(Cl)s2)N1Cc1ccco1. The minimum atomic E-state index is -0.0246. The number of thiocarbonyl (C=S) groups is 1. The van der Waals surface area contributed by atoms with E-state index in [2.05, 4.69) is 21.3 Å². The highest BCUT2D eigenvalue weighted by Crippen LogP contribution is 2.42. The van der Waals surface area contributed by atoms with Gasteiger partial charge in [-0.2, -0.15) is 0 Å². The molecule has 2 atom stereocenters. The van der Waals surface area contributed by atoms with Gasteiger partial charge in [0.05, 0.1) is 34.9 Å². The summed E-state index contributed by atoms with van der Waals surface area (Å²) in [5, 5.41) is 4.10. The average Bonchev–Trinajstić information content (AvgIpc) is 3.31. The fourth-order valence-corrected chi connectivity index (χ4v) is 4.46. The molecule has 1 N–H and O–H groups in total. The Morgan fingerprint density at radius 3 is 2.83 bits per heavy atom. The van der Waals surface area contributed by atoms with E-state index >= 15 is 0 Å². The number of nitrogens with zero attached hydrogens (tertiary/aromatic N) is 2. The highest BCUT2D eigenvalue weighted by molar-refractivity contribution is 7.80. The lowest BCUT2D eigenvalue weighted by Gasteiger charge is -2.25. The summed E-state index contributed by atoms with van der Waals surface area (Å²) in [6.07, 6.45) is 3.48. The number of thiophene rings is 1. The van der Waals surface area contributed by atoms with Crippen LogP contribution in [0.4, 0.5) is 0 Å². The van der Waals surface area contributed by atoms with Crippen molar-refractivity contribution in [2.24, 2.45) is 0 Å². The van der Waals surface area contributed by atoms with E-state index < -0.39 is 0 Å². The number of rotatable bonds is 4. The van der Waals surface area contributed by atoms with E-state index in [-0.39, 0.29) is 12.1 Å². The molecule has 24 heavy (non-hydrogen) atoms. The minimum absolute atomic E-state index is 0.0231. The van der Waals surface area contributed by atoms with Gasteiger partial charge in [-0.3, -0.25) is 4.98 Å². The third kappa shape index (κ3) is 2.92. The van der Waals surface area contributed by atoms with Gasteiger partial charge in [-0.15, -0.1) is 11.3 Å². The van der Waals surface area contributed by atoms with Crippen LogP contribution in [0.2, 0.25) is 4.34 Å². The first-order chi connectivity index (χ1) is 11.7. The average molecular weight is 376 g/mol. The zero-order valence-corrected chi connectivity index (χ0v) is 14.9. The summed E-state index contributed by atoms with van der Waals surface area (Å²) in [6.45, 7) is 0.600. The summed E-state index contributed by atoms with van der Waals surface area (Å²) in [5.41, 5.74) is 0.955. The molecule has 0 amide bonds. The minimum Gasteiger partial charge on any atom is -0.467 e. The second-order valence-corrected chi connectivity index (χ2v) is 7.61. The molecule has 0 unspecified atom stereocenters. The summed E-state index contributed by atoms with van der Waals surface area (Å²) >= 11 is 13.3. The summed E-state index contributed by atoms with van der Waals surface area (Å²) < 4.78 is 6.27. The van der Waals surface area contributed by atoms with E-state index in [0.717, 1.165) is 20.7 Å². The van der Waals surface area contributed by atoms with Crippen molar-refractivity contribution < 1.29 is 4.42 Å². The second kappa shape index (κ2) is 6.55. The predicted molar refractivity (Wildman–Crippen MR) is 99.0 cm³/mol. The first-order valence-corrected chi connectivity index (χ1v) is 9.08. The van der Waals surface area contributed by atoms with Crippen LogP contribution in [0.5, 0.6) is 0 Å². The number of aromatic nitrogens is 1. The molecule has 3 aromatic heterocycles. The number of hydrogen-bond acceptors (Lipinski definition) is 4. The molecule has 4 nitrogen and oxygen atoms in total. The van der Waals surface area contributed by atoms with E-state index in [9.17, 15) is 0 Å². The summed E-state index contributed by atoms with van der Waals surface area (Å²) in [6, 6.07) is 13.7. The third-order valence-corrected chi connectivity index (χ3v) is 5.64. The largest absolute Gasteiger partial charge is 0.467 e. The Morgan fingerprint density at radius 1 is 1.25 bits per heavy atom. The van der Waals surface area contributed by atoms with E-state index in [4.69, 9.17) is 28.2 Å². The van der Waals surface area contributed by atoms with Crippen molar-refractivity contribution in [3.05, 3.63) is 75.6 Å². The normalized spacial score (nSPS) is 20.4. The Kier molecular flexibility index (Phi) is 4.26. The van der Waals surface area contributed by atoms with Gasteiger partial charge in [0.2, 0.25) is 0 Å². The van der Waals surface area contributed by atoms with E-state index in [0.29, 0.717) is 11.7 Å². The third-order valence-electron chi connectivity index (χ3n) is 3.99. The van der Waals surface area contributed by atoms with Crippen LogP contribution in [0.1, 0.15) is 28.4 Å². The maximum atomic E-state index is 6.17. The van der Waals surface area contributed by atoms with Crippen molar-refractivity contribution >= 4 is 40.3 Å². The Hall–Kier alpha value is -1.89. The van der Waals surface area contributed by atoms with Gasteiger partial charge in [0.25, 0.3) is 0 Å². The Balaban J connectivity index is 1.73. The van der Waals surface area contributed by atoms with Crippen LogP contribution in [-0.2, 0) is 6.54 Å². The number of hydrogen-bond donors (Lipinski definition) is 1. The maximum Gasteiger partial charge on any atom is 0.170 e. The van der Waals surface area contributed by atoms with E-state index in [1.165, 1.54) is 0 Å². The van der Waals surface area contributed by atoms with Crippen molar-refractivity contribution in [2.45, 2.75) is 18.6 Å². The lowest BCUT2D eigenvalue weighted by Crippen LogP contribution is -2.28. The highest BCUT2D eigenvalue weighted by atomic mass is 35.5. The first-order valence-electron chi connectivity index (χ1n) is 7.48. The number of furan rings is 1. The number of nitrogens with one attached hydrogen (secondary N) is 1. The Bertz CT molecular complexity index is 835. The van der Waals surface area contributed by atoms with Gasteiger partial charge < -0.3 is 14.6 Å². The molecule has 0 aliphatic carbocycles.